The first kappa shape index (κ1) is 37.0. The highest BCUT2D eigenvalue weighted by atomic mass is 31.2. The van der Waals surface area contributed by atoms with E-state index in [1.54, 1.807) is 12.2 Å². The molecule has 0 spiro atoms. The van der Waals surface area contributed by atoms with Gasteiger partial charge in [-0.05, 0) is 19.3 Å². The number of likely N-dealkylation sites (N-methyl/N-ethyl adjacent to an activating group) is 1. The van der Waals surface area contributed by atoms with Crippen LogP contribution in [0.1, 0.15) is 104 Å². The third-order valence-electron chi connectivity index (χ3n) is 6.23. The first-order valence-electron chi connectivity index (χ1n) is 14.7. The van der Waals surface area contributed by atoms with E-state index in [1.165, 1.54) is 51.4 Å². The molecule has 1 unspecified atom stereocenters. The second-order valence-electron chi connectivity index (χ2n) is 11.2. The fourth-order valence-electron chi connectivity index (χ4n) is 3.74. The third-order valence-corrected chi connectivity index (χ3v) is 7.21. The number of rotatable bonds is 25. The van der Waals surface area contributed by atoms with Crippen LogP contribution in [0.25, 0.3) is 0 Å². The smallest absolute Gasteiger partial charge is 0.387 e. The molecule has 1 amide bonds. The summed E-state index contributed by atoms with van der Waals surface area (Å²) in [5.41, 5.74) is 0. The predicted octanol–water partition coefficient (Wildman–Crippen LogP) is 6.29. The topological polar surface area (TPSA) is 105 Å². The van der Waals surface area contributed by atoms with E-state index in [1.807, 2.05) is 27.2 Å². The van der Waals surface area contributed by atoms with Crippen molar-refractivity contribution in [3.63, 3.8) is 0 Å². The van der Waals surface area contributed by atoms with Crippen molar-refractivity contribution in [3.8, 4) is 0 Å². The molecular formula is C29H58N2O6P+. The Balaban J connectivity index is 4.81. The molecule has 8 nitrogen and oxygen atoms in total. The minimum Gasteiger partial charge on any atom is -0.387 e. The van der Waals surface area contributed by atoms with Gasteiger partial charge in [0.1, 0.15) is 13.2 Å². The molecule has 0 aromatic carbocycles. The Morgan fingerprint density at radius 2 is 1.47 bits per heavy atom. The largest absolute Gasteiger partial charge is 0.472 e. The molecule has 0 fully saturated rings. The van der Waals surface area contributed by atoms with E-state index >= 15 is 0 Å². The van der Waals surface area contributed by atoms with E-state index in [4.69, 9.17) is 9.05 Å². The molecule has 0 aromatic heterocycles. The molecule has 0 aliphatic carbocycles. The van der Waals surface area contributed by atoms with E-state index in [0.717, 1.165) is 32.1 Å². The molecule has 0 aliphatic rings. The number of amides is 1. The van der Waals surface area contributed by atoms with E-state index in [9.17, 15) is 19.4 Å². The fourth-order valence-corrected chi connectivity index (χ4v) is 4.48. The molecule has 0 aromatic rings. The molecule has 0 saturated carbocycles. The van der Waals surface area contributed by atoms with Crippen LogP contribution in [0.5, 0.6) is 0 Å². The molecule has 3 N–H and O–H groups in total. The van der Waals surface area contributed by atoms with Crippen molar-refractivity contribution in [2.24, 2.45) is 0 Å². The number of unbranched alkanes of at least 4 members (excludes halogenated alkanes) is 11. The number of quaternary nitrogens is 1. The summed E-state index contributed by atoms with van der Waals surface area (Å²) in [6.45, 7) is 4.63. The SMILES string of the molecule is CCCCCCC/C=C/C=C/[C@@H](O)[C@H](COP(=O)(O)OCC[N+](C)(C)C)NC(=O)CCCCCCCCC. The molecule has 38 heavy (non-hydrogen) atoms. The van der Waals surface area contributed by atoms with E-state index < -0.39 is 20.0 Å². The molecule has 0 radical (unpaired) electrons. The molecule has 0 saturated heterocycles. The number of carbonyl (C=O) groups excluding carboxylic acids is 1. The Hall–Kier alpha value is -1.02. The number of phosphoric ester groups is 1. The van der Waals surface area contributed by atoms with Crippen molar-refractivity contribution in [2.45, 2.75) is 116 Å². The van der Waals surface area contributed by atoms with Crippen molar-refractivity contribution in [1.82, 2.24) is 5.32 Å². The van der Waals surface area contributed by atoms with Gasteiger partial charge in [0.25, 0.3) is 0 Å². The highest BCUT2D eigenvalue weighted by Crippen LogP contribution is 2.43. The van der Waals surface area contributed by atoms with Crippen molar-refractivity contribution in [3.05, 3.63) is 24.3 Å². The van der Waals surface area contributed by atoms with E-state index in [0.29, 0.717) is 17.4 Å². The number of hydrogen-bond donors (Lipinski definition) is 3. The summed E-state index contributed by atoms with van der Waals surface area (Å²) in [4.78, 5) is 22.6. The van der Waals surface area contributed by atoms with Gasteiger partial charge >= 0.3 is 7.82 Å². The number of hydrogen-bond acceptors (Lipinski definition) is 5. The Kier molecular flexibility index (Phi) is 22.1. The van der Waals surface area contributed by atoms with Crippen LogP contribution in [-0.2, 0) is 18.4 Å². The molecule has 9 heteroatoms. The zero-order chi connectivity index (χ0) is 28.7. The van der Waals surface area contributed by atoms with Gasteiger partial charge in [-0.3, -0.25) is 13.8 Å². The quantitative estimate of drug-likeness (QED) is 0.0524. The number of carbonyl (C=O) groups is 1. The molecule has 0 heterocycles. The summed E-state index contributed by atoms with van der Waals surface area (Å²) in [5, 5.41) is 13.5. The van der Waals surface area contributed by atoms with Gasteiger partial charge in [-0.15, -0.1) is 0 Å². The van der Waals surface area contributed by atoms with Crippen LogP contribution in [0.15, 0.2) is 24.3 Å². The summed E-state index contributed by atoms with van der Waals surface area (Å²) in [6.07, 6.45) is 21.3. The summed E-state index contributed by atoms with van der Waals surface area (Å²) >= 11 is 0. The third kappa shape index (κ3) is 24.1. The average Bonchev–Trinajstić information content (AvgIpc) is 2.84. The highest BCUT2D eigenvalue weighted by Gasteiger charge is 2.27. The Morgan fingerprint density at radius 1 is 0.895 bits per heavy atom. The summed E-state index contributed by atoms with van der Waals surface area (Å²) in [7, 11) is 1.54. The predicted molar refractivity (Wildman–Crippen MR) is 157 cm³/mol. The van der Waals surface area contributed by atoms with Crippen LogP contribution in [0.2, 0.25) is 0 Å². The van der Waals surface area contributed by atoms with Gasteiger partial charge in [0.15, 0.2) is 0 Å². The molecule has 0 aliphatic heterocycles. The van der Waals surface area contributed by atoms with Gasteiger partial charge in [-0.2, -0.15) is 0 Å². The summed E-state index contributed by atoms with van der Waals surface area (Å²) < 4.78 is 23.1. The molecule has 0 rings (SSSR count). The zero-order valence-electron chi connectivity index (χ0n) is 24.9. The number of nitrogens with one attached hydrogen (secondary N) is 1. The zero-order valence-corrected chi connectivity index (χ0v) is 25.8. The Morgan fingerprint density at radius 3 is 2.08 bits per heavy atom. The maximum atomic E-state index is 12.5. The number of aliphatic hydroxyl groups is 1. The number of nitrogens with zero attached hydrogens (tertiary/aromatic N) is 1. The average molecular weight is 562 g/mol. The number of aliphatic hydroxyl groups excluding tert-OH is 1. The number of allylic oxidation sites excluding steroid dienone is 3. The number of phosphoric acid groups is 1. The monoisotopic (exact) mass is 561 g/mol. The van der Waals surface area contributed by atoms with Gasteiger partial charge < -0.3 is 19.8 Å². The van der Waals surface area contributed by atoms with Gasteiger partial charge in [0, 0.05) is 6.42 Å². The fraction of sp³-hybridized carbons (Fsp3) is 0.828. The van der Waals surface area contributed by atoms with Crippen LogP contribution in [0.3, 0.4) is 0 Å². The maximum absolute atomic E-state index is 12.5. The van der Waals surface area contributed by atoms with Gasteiger partial charge in [-0.1, -0.05) is 102 Å². The lowest BCUT2D eigenvalue weighted by atomic mass is 10.1. The minimum absolute atomic E-state index is 0.0538. The Bertz CT molecular complexity index is 693. The van der Waals surface area contributed by atoms with Crippen molar-refractivity contribution in [1.29, 1.82) is 0 Å². The molecular weight excluding hydrogens is 503 g/mol. The van der Waals surface area contributed by atoms with Crippen molar-refractivity contribution in [2.75, 3.05) is 40.9 Å². The first-order chi connectivity index (χ1) is 18.0. The molecule has 224 valence electrons. The summed E-state index contributed by atoms with van der Waals surface area (Å²) in [5.74, 6) is -0.207. The first-order valence-corrected chi connectivity index (χ1v) is 16.2. The lowest BCUT2D eigenvalue weighted by molar-refractivity contribution is -0.870. The lowest BCUT2D eigenvalue weighted by Crippen LogP contribution is -2.45. The van der Waals surface area contributed by atoms with Gasteiger partial charge in [-0.25, -0.2) is 4.57 Å². The molecule has 0 bridgehead atoms. The summed E-state index contributed by atoms with van der Waals surface area (Å²) in [6, 6.07) is -0.867. The van der Waals surface area contributed by atoms with Crippen molar-refractivity contribution >= 4 is 13.7 Å². The van der Waals surface area contributed by atoms with Crippen LogP contribution in [0, 0.1) is 0 Å². The highest BCUT2D eigenvalue weighted by molar-refractivity contribution is 7.47. The minimum atomic E-state index is -4.32. The van der Waals surface area contributed by atoms with Gasteiger partial charge in [0.05, 0.1) is 39.9 Å². The Labute approximate surface area is 233 Å². The molecule has 3 atom stereocenters. The maximum Gasteiger partial charge on any atom is 0.472 e. The van der Waals surface area contributed by atoms with E-state index in [-0.39, 0.29) is 19.1 Å². The van der Waals surface area contributed by atoms with Crippen molar-refractivity contribution < 1.29 is 32.9 Å². The van der Waals surface area contributed by atoms with Crippen LogP contribution in [0.4, 0.5) is 0 Å². The van der Waals surface area contributed by atoms with Crippen LogP contribution >= 0.6 is 7.82 Å². The van der Waals surface area contributed by atoms with Gasteiger partial charge in [0.2, 0.25) is 5.91 Å². The van der Waals surface area contributed by atoms with Crippen LogP contribution in [-0.4, -0.2) is 73.4 Å². The standard InChI is InChI=1S/C29H57N2O6P/c1-6-8-10-12-14-15-17-18-20-22-28(32)27(26-37-38(34,35)36-25-24-31(3,4)5)30-29(33)23-21-19-16-13-11-9-7-2/h17-18,20,22,27-28,32H,6-16,19,21,23-26H2,1-5H3,(H-,30,33,34,35)/p+1/b18-17+,22-20+/t27-,28+/m0/s1. The normalized spacial score (nSPS) is 15.7. The second-order valence-corrected chi connectivity index (χ2v) is 12.6. The van der Waals surface area contributed by atoms with E-state index in [2.05, 4.69) is 25.2 Å². The second kappa shape index (κ2) is 22.8. The lowest BCUT2D eigenvalue weighted by Gasteiger charge is -2.25. The van der Waals surface area contributed by atoms with Crippen LogP contribution < -0.4 is 5.32 Å².